The van der Waals surface area contributed by atoms with Crippen LogP contribution in [0.2, 0.25) is 0 Å². The molecule has 0 saturated carbocycles. The van der Waals surface area contributed by atoms with Crippen molar-refractivity contribution < 1.29 is 13.2 Å². The largest absolute Gasteiger partial charge is 0.446 e. The molecule has 1 aliphatic carbocycles. The van der Waals surface area contributed by atoms with Gasteiger partial charge in [0, 0.05) is 4.90 Å². The average molecular weight is 218 g/mol. The van der Waals surface area contributed by atoms with Crippen molar-refractivity contribution in [3.8, 4) is 0 Å². The molecular weight excluding hydrogens is 209 g/mol. The molecule has 0 N–H and O–H groups in total. The molecule has 0 radical (unpaired) electrons. The molecule has 4 heteroatoms. The Morgan fingerprint density at radius 3 is 2.64 bits per heavy atom. The third kappa shape index (κ3) is 2.05. The quantitative estimate of drug-likeness (QED) is 0.646. The number of halogens is 3. The van der Waals surface area contributed by atoms with Crippen molar-refractivity contribution in [2.45, 2.75) is 29.7 Å². The summed E-state index contributed by atoms with van der Waals surface area (Å²) in [6, 6.07) is 5.18. The lowest BCUT2D eigenvalue weighted by molar-refractivity contribution is -0.0328. The van der Waals surface area contributed by atoms with Crippen molar-refractivity contribution >= 4 is 11.8 Å². The normalized spacial score (nSPS) is 15.6. The summed E-state index contributed by atoms with van der Waals surface area (Å²) < 4.78 is 36.5. The van der Waals surface area contributed by atoms with E-state index in [0.29, 0.717) is 4.90 Å². The Bertz CT molecular complexity index is 344. The van der Waals surface area contributed by atoms with Gasteiger partial charge in [0.1, 0.15) is 0 Å². The van der Waals surface area contributed by atoms with Gasteiger partial charge in [0.05, 0.1) is 0 Å². The number of rotatable bonds is 1. The van der Waals surface area contributed by atoms with Gasteiger partial charge in [-0.15, -0.1) is 0 Å². The fourth-order valence-electron chi connectivity index (χ4n) is 1.80. The second-order valence-electron chi connectivity index (χ2n) is 3.30. The SMILES string of the molecule is FC(F)(F)Sc1cccc2c1CCC2. The zero-order valence-electron chi connectivity index (χ0n) is 7.40. The summed E-state index contributed by atoms with van der Waals surface area (Å²) >= 11 is 0.00611. The number of alkyl halides is 3. The molecule has 14 heavy (non-hydrogen) atoms. The zero-order valence-corrected chi connectivity index (χ0v) is 8.21. The summed E-state index contributed by atoms with van der Waals surface area (Å²) in [5.74, 6) is 0. The molecule has 0 bridgehead atoms. The van der Waals surface area contributed by atoms with E-state index in [4.69, 9.17) is 0 Å². The highest BCUT2D eigenvalue weighted by Crippen LogP contribution is 2.41. The monoisotopic (exact) mass is 218 g/mol. The van der Waals surface area contributed by atoms with Gasteiger partial charge in [0.2, 0.25) is 0 Å². The predicted octanol–water partition coefficient (Wildman–Crippen LogP) is 3.79. The lowest BCUT2D eigenvalue weighted by atomic mass is 10.1. The lowest BCUT2D eigenvalue weighted by Crippen LogP contribution is -2.00. The van der Waals surface area contributed by atoms with Crippen LogP contribution in [0.3, 0.4) is 0 Å². The van der Waals surface area contributed by atoms with Gasteiger partial charge >= 0.3 is 5.51 Å². The fraction of sp³-hybridized carbons (Fsp3) is 0.400. The summed E-state index contributed by atoms with van der Waals surface area (Å²) in [6.07, 6.45) is 2.68. The summed E-state index contributed by atoms with van der Waals surface area (Å²) in [4.78, 5) is 0.382. The Kier molecular flexibility index (Phi) is 2.47. The maximum Gasteiger partial charge on any atom is 0.446 e. The van der Waals surface area contributed by atoms with E-state index in [1.165, 1.54) is 0 Å². The van der Waals surface area contributed by atoms with Gasteiger partial charge in [-0.1, -0.05) is 12.1 Å². The van der Waals surface area contributed by atoms with Crippen LogP contribution < -0.4 is 0 Å². The van der Waals surface area contributed by atoms with Crippen LogP contribution in [0.5, 0.6) is 0 Å². The van der Waals surface area contributed by atoms with Crippen LogP contribution in [0.4, 0.5) is 13.2 Å². The molecule has 1 aliphatic rings. The van der Waals surface area contributed by atoms with Crippen molar-refractivity contribution in [1.29, 1.82) is 0 Å². The first-order valence-electron chi connectivity index (χ1n) is 4.43. The third-order valence-electron chi connectivity index (χ3n) is 2.33. The zero-order chi connectivity index (χ0) is 10.2. The maximum absolute atomic E-state index is 12.2. The van der Waals surface area contributed by atoms with E-state index in [0.717, 1.165) is 30.4 Å². The predicted molar refractivity (Wildman–Crippen MR) is 50.4 cm³/mol. The number of benzene rings is 1. The molecule has 1 aromatic carbocycles. The van der Waals surface area contributed by atoms with Crippen LogP contribution in [0.25, 0.3) is 0 Å². The maximum atomic E-state index is 12.2. The summed E-state index contributed by atoms with van der Waals surface area (Å²) in [5.41, 5.74) is -2.19. The van der Waals surface area contributed by atoms with Gasteiger partial charge in [0.25, 0.3) is 0 Å². The highest BCUT2D eigenvalue weighted by molar-refractivity contribution is 8.00. The number of fused-ring (bicyclic) bond motifs is 1. The van der Waals surface area contributed by atoms with Crippen LogP contribution in [-0.4, -0.2) is 5.51 Å². The molecule has 0 amide bonds. The van der Waals surface area contributed by atoms with Gasteiger partial charge < -0.3 is 0 Å². The molecule has 0 aliphatic heterocycles. The first-order valence-corrected chi connectivity index (χ1v) is 5.24. The second kappa shape index (κ2) is 3.50. The summed E-state index contributed by atoms with van der Waals surface area (Å²) in [7, 11) is 0. The summed E-state index contributed by atoms with van der Waals surface area (Å²) in [5, 5.41) is 0. The minimum absolute atomic E-state index is 0.00611. The fourth-order valence-corrected chi connectivity index (χ4v) is 2.56. The summed E-state index contributed by atoms with van der Waals surface area (Å²) in [6.45, 7) is 0. The first-order chi connectivity index (χ1) is 6.56. The molecule has 2 rings (SSSR count). The molecule has 0 spiro atoms. The molecule has 0 nitrogen and oxygen atoms in total. The smallest absolute Gasteiger partial charge is 0.160 e. The first kappa shape index (κ1) is 9.90. The lowest BCUT2D eigenvalue weighted by Gasteiger charge is -2.09. The molecule has 76 valence electrons. The Hall–Kier alpha value is -0.640. The van der Waals surface area contributed by atoms with Crippen molar-refractivity contribution in [3.63, 3.8) is 0 Å². The molecule has 0 unspecified atom stereocenters. The average Bonchev–Trinajstić information content (AvgIpc) is 2.49. The second-order valence-corrected chi connectivity index (χ2v) is 4.40. The van der Waals surface area contributed by atoms with Crippen molar-refractivity contribution in [3.05, 3.63) is 29.3 Å². The van der Waals surface area contributed by atoms with Crippen molar-refractivity contribution in [2.24, 2.45) is 0 Å². The van der Waals surface area contributed by atoms with E-state index < -0.39 is 5.51 Å². The van der Waals surface area contributed by atoms with Crippen molar-refractivity contribution in [1.82, 2.24) is 0 Å². The van der Waals surface area contributed by atoms with Crippen LogP contribution in [0.15, 0.2) is 23.1 Å². The Morgan fingerprint density at radius 2 is 1.93 bits per heavy atom. The highest BCUT2D eigenvalue weighted by Gasteiger charge is 2.31. The van der Waals surface area contributed by atoms with Crippen LogP contribution in [0, 0.1) is 0 Å². The van der Waals surface area contributed by atoms with E-state index in [1.807, 2.05) is 6.07 Å². The Balaban J connectivity index is 2.31. The highest BCUT2D eigenvalue weighted by atomic mass is 32.2. The van der Waals surface area contributed by atoms with Gasteiger partial charge in [0.15, 0.2) is 0 Å². The standard InChI is InChI=1S/C10H9F3S/c11-10(12,13)14-9-6-2-4-7-3-1-5-8(7)9/h2,4,6H,1,3,5H2. The molecule has 0 heterocycles. The van der Waals surface area contributed by atoms with E-state index in [2.05, 4.69) is 0 Å². The van der Waals surface area contributed by atoms with Crippen LogP contribution in [-0.2, 0) is 12.8 Å². The number of thioether (sulfide) groups is 1. The van der Waals surface area contributed by atoms with Gasteiger partial charge in [-0.2, -0.15) is 13.2 Å². The molecule has 0 aromatic heterocycles. The Morgan fingerprint density at radius 1 is 1.14 bits per heavy atom. The third-order valence-corrected chi connectivity index (χ3v) is 3.16. The number of hydrogen-bond donors (Lipinski definition) is 0. The van der Waals surface area contributed by atoms with Crippen LogP contribution in [0.1, 0.15) is 17.5 Å². The van der Waals surface area contributed by atoms with Crippen molar-refractivity contribution in [2.75, 3.05) is 0 Å². The molecule has 0 fully saturated rings. The van der Waals surface area contributed by atoms with E-state index >= 15 is 0 Å². The van der Waals surface area contributed by atoms with E-state index in [-0.39, 0.29) is 11.8 Å². The number of aryl methyl sites for hydroxylation is 1. The van der Waals surface area contributed by atoms with E-state index in [9.17, 15) is 13.2 Å². The molecule has 0 atom stereocenters. The molecule has 1 aromatic rings. The van der Waals surface area contributed by atoms with Gasteiger partial charge in [-0.25, -0.2) is 0 Å². The molecular formula is C10H9F3S. The van der Waals surface area contributed by atoms with Crippen LogP contribution >= 0.6 is 11.8 Å². The van der Waals surface area contributed by atoms with Gasteiger partial charge in [-0.3, -0.25) is 0 Å². The minimum Gasteiger partial charge on any atom is -0.160 e. The topological polar surface area (TPSA) is 0 Å². The number of hydrogen-bond acceptors (Lipinski definition) is 1. The molecule has 0 saturated heterocycles. The minimum atomic E-state index is -4.17. The Labute approximate surface area is 84.5 Å². The van der Waals surface area contributed by atoms with Gasteiger partial charge in [-0.05, 0) is 48.2 Å². The van der Waals surface area contributed by atoms with E-state index in [1.54, 1.807) is 12.1 Å².